The molecule has 0 N–H and O–H groups in total. The smallest absolute Gasteiger partial charge is 0.324 e. The quantitative estimate of drug-likeness (QED) is 0.522. The highest BCUT2D eigenvalue weighted by Crippen LogP contribution is 2.68. The van der Waals surface area contributed by atoms with E-state index in [1.54, 1.807) is 0 Å². The highest BCUT2D eigenvalue weighted by Gasteiger charge is 2.79. The molecule has 10 heteroatoms. The summed E-state index contributed by atoms with van der Waals surface area (Å²) in [5.74, 6) is -6.86. The highest BCUT2D eigenvalue weighted by molar-refractivity contribution is 7.60. The van der Waals surface area contributed by atoms with Crippen molar-refractivity contribution in [3.8, 4) is 0 Å². The normalized spacial score (nSPS) is 17.6. The van der Waals surface area contributed by atoms with Crippen LogP contribution in [0.4, 0.5) is 30.7 Å². The molecule has 0 bridgehead atoms. The Labute approximate surface area is 105 Å². The van der Waals surface area contributed by atoms with Gasteiger partial charge < -0.3 is 4.52 Å². The van der Waals surface area contributed by atoms with Crippen LogP contribution >= 0.6 is 7.37 Å². The van der Waals surface area contributed by atoms with Crippen molar-refractivity contribution in [2.45, 2.75) is 38.5 Å². The first-order valence-corrected chi connectivity index (χ1v) is 7.10. The largest absolute Gasteiger partial charge is 0.460 e. The summed E-state index contributed by atoms with van der Waals surface area (Å²) in [6.45, 7) is 3.09. The summed E-state index contributed by atoms with van der Waals surface area (Å²) < 4.78 is 104. The lowest BCUT2D eigenvalue weighted by molar-refractivity contribution is -0.334. The standard InChI is InChI=1S/C9H14F7O2P/c1-4-19(17,18-5-6(2)3)9(15,16)7(10,11)8(12,13)14/h6H,4-5H2,1-3H3. The van der Waals surface area contributed by atoms with Gasteiger partial charge in [-0.1, -0.05) is 20.8 Å². The molecular formula is C9H14F7O2P. The zero-order valence-corrected chi connectivity index (χ0v) is 11.3. The van der Waals surface area contributed by atoms with E-state index in [-0.39, 0.29) is 0 Å². The third-order valence-electron chi connectivity index (χ3n) is 2.19. The van der Waals surface area contributed by atoms with Crippen molar-refractivity contribution in [1.82, 2.24) is 0 Å². The van der Waals surface area contributed by atoms with E-state index in [2.05, 4.69) is 4.52 Å². The van der Waals surface area contributed by atoms with Gasteiger partial charge in [0.1, 0.15) is 0 Å². The number of hydrogen-bond donors (Lipinski definition) is 0. The van der Waals surface area contributed by atoms with Crippen LogP contribution in [0.25, 0.3) is 0 Å². The molecule has 0 aromatic carbocycles. The van der Waals surface area contributed by atoms with Crippen LogP contribution in [0, 0.1) is 5.92 Å². The van der Waals surface area contributed by atoms with Crippen molar-refractivity contribution in [3.63, 3.8) is 0 Å². The van der Waals surface area contributed by atoms with Crippen molar-refractivity contribution < 1.29 is 39.8 Å². The average molecular weight is 318 g/mol. The van der Waals surface area contributed by atoms with Crippen LogP contribution in [0.15, 0.2) is 0 Å². The van der Waals surface area contributed by atoms with Crippen molar-refractivity contribution in [2.75, 3.05) is 12.8 Å². The van der Waals surface area contributed by atoms with Crippen LogP contribution in [0.5, 0.6) is 0 Å². The Morgan fingerprint density at radius 2 is 1.47 bits per heavy atom. The van der Waals surface area contributed by atoms with Gasteiger partial charge in [-0.2, -0.15) is 30.7 Å². The predicted molar refractivity (Wildman–Crippen MR) is 54.9 cm³/mol. The van der Waals surface area contributed by atoms with Crippen molar-refractivity contribution in [2.24, 2.45) is 5.92 Å². The fourth-order valence-corrected chi connectivity index (χ4v) is 2.86. The minimum Gasteiger partial charge on any atom is -0.324 e. The summed E-state index contributed by atoms with van der Waals surface area (Å²) in [6, 6.07) is 0. The molecule has 0 aliphatic carbocycles. The third kappa shape index (κ3) is 3.42. The van der Waals surface area contributed by atoms with Crippen LogP contribution in [0.2, 0.25) is 0 Å². The van der Waals surface area contributed by atoms with Gasteiger partial charge in [0.2, 0.25) is 0 Å². The Bertz CT molecular complexity index is 351. The molecule has 0 heterocycles. The second-order valence-electron chi connectivity index (χ2n) is 4.29. The Morgan fingerprint density at radius 1 is 1.05 bits per heavy atom. The van der Waals surface area contributed by atoms with E-state index in [0.717, 1.165) is 6.92 Å². The van der Waals surface area contributed by atoms with Crippen LogP contribution in [-0.2, 0) is 9.09 Å². The van der Waals surface area contributed by atoms with Crippen LogP contribution in [0.1, 0.15) is 20.8 Å². The molecule has 19 heavy (non-hydrogen) atoms. The Kier molecular flexibility index (Phi) is 5.51. The Balaban J connectivity index is 5.52. The molecule has 0 aromatic heterocycles. The minimum atomic E-state index is -6.51. The molecule has 0 radical (unpaired) electrons. The van der Waals surface area contributed by atoms with Crippen LogP contribution in [-0.4, -0.2) is 30.5 Å². The molecule has 0 spiro atoms. The molecule has 0 aliphatic heterocycles. The van der Waals surface area contributed by atoms with E-state index in [1.807, 2.05) is 0 Å². The van der Waals surface area contributed by atoms with Gasteiger partial charge in [-0.25, -0.2) is 0 Å². The molecule has 0 aromatic rings. The minimum absolute atomic E-state index is 0.449. The molecule has 0 aliphatic rings. The van der Waals surface area contributed by atoms with Gasteiger partial charge in [-0.15, -0.1) is 0 Å². The zero-order valence-electron chi connectivity index (χ0n) is 10.4. The SMILES string of the molecule is CCP(=O)(OCC(C)C)C(F)(F)C(F)(F)C(F)(F)F. The lowest BCUT2D eigenvalue weighted by Crippen LogP contribution is -2.52. The number of halogens is 7. The summed E-state index contributed by atoms with van der Waals surface area (Å²) in [7, 11) is -5.48. The summed E-state index contributed by atoms with van der Waals surface area (Å²) in [5.41, 5.74) is -5.80. The fourth-order valence-electron chi connectivity index (χ4n) is 1.02. The molecule has 2 nitrogen and oxygen atoms in total. The predicted octanol–water partition coefficient (Wildman–Crippen LogP) is 4.75. The molecular weight excluding hydrogens is 304 g/mol. The van der Waals surface area contributed by atoms with Gasteiger partial charge in [0.05, 0.1) is 6.61 Å². The molecule has 0 fully saturated rings. The van der Waals surface area contributed by atoms with Crippen LogP contribution < -0.4 is 0 Å². The highest BCUT2D eigenvalue weighted by atomic mass is 31.2. The molecule has 0 saturated carbocycles. The molecule has 1 atom stereocenters. The summed E-state index contributed by atoms with van der Waals surface area (Å²) in [6.07, 6.45) is -7.64. The van der Waals surface area contributed by atoms with Crippen molar-refractivity contribution >= 4 is 7.37 Å². The Morgan fingerprint density at radius 3 is 1.74 bits per heavy atom. The van der Waals surface area contributed by atoms with E-state index in [4.69, 9.17) is 0 Å². The molecule has 0 saturated heterocycles. The van der Waals surface area contributed by atoms with E-state index in [9.17, 15) is 35.3 Å². The summed E-state index contributed by atoms with van der Waals surface area (Å²) in [4.78, 5) is 0. The fraction of sp³-hybridized carbons (Fsp3) is 1.00. The van der Waals surface area contributed by atoms with Crippen molar-refractivity contribution in [1.29, 1.82) is 0 Å². The van der Waals surface area contributed by atoms with Gasteiger partial charge in [0.15, 0.2) is 0 Å². The molecule has 116 valence electrons. The first-order chi connectivity index (χ1) is 8.23. The third-order valence-corrected chi connectivity index (χ3v) is 4.73. The maximum Gasteiger partial charge on any atom is 0.460 e. The second-order valence-corrected chi connectivity index (χ2v) is 7.09. The van der Waals surface area contributed by atoms with E-state index < -0.39 is 43.8 Å². The van der Waals surface area contributed by atoms with E-state index >= 15 is 0 Å². The topological polar surface area (TPSA) is 26.3 Å². The van der Waals surface area contributed by atoms with Crippen molar-refractivity contribution in [3.05, 3.63) is 0 Å². The summed E-state index contributed by atoms with van der Waals surface area (Å²) >= 11 is 0. The lowest BCUT2D eigenvalue weighted by Gasteiger charge is -2.33. The van der Waals surface area contributed by atoms with Gasteiger partial charge in [-0.05, 0) is 5.92 Å². The lowest BCUT2D eigenvalue weighted by atomic mass is 10.2. The molecule has 0 rings (SSSR count). The maximum absolute atomic E-state index is 13.3. The monoisotopic (exact) mass is 318 g/mol. The van der Waals surface area contributed by atoms with Gasteiger partial charge in [0, 0.05) is 6.16 Å². The first-order valence-electron chi connectivity index (χ1n) is 5.29. The number of hydrogen-bond acceptors (Lipinski definition) is 2. The van der Waals surface area contributed by atoms with Gasteiger partial charge in [0.25, 0.3) is 7.37 Å². The average Bonchev–Trinajstić information content (AvgIpc) is 2.23. The second kappa shape index (κ2) is 5.60. The number of rotatable bonds is 6. The summed E-state index contributed by atoms with van der Waals surface area (Å²) in [5, 5.41) is 0. The van der Waals surface area contributed by atoms with Gasteiger partial charge in [-0.3, -0.25) is 4.57 Å². The van der Waals surface area contributed by atoms with Gasteiger partial charge >= 0.3 is 17.8 Å². The van der Waals surface area contributed by atoms with Crippen LogP contribution in [0.3, 0.4) is 0 Å². The molecule has 0 amide bonds. The first kappa shape index (κ1) is 18.7. The zero-order chi connectivity index (χ0) is 15.7. The van der Waals surface area contributed by atoms with E-state index in [0.29, 0.717) is 0 Å². The molecule has 1 unspecified atom stereocenters. The van der Waals surface area contributed by atoms with E-state index in [1.165, 1.54) is 13.8 Å². The number of alkyl halides is 7. The Hall–Kier alpha value is -0.300. The maximum atomic E-state index is 13.3.